The third-order valence-electron chi connectivity index (χ3n) is 5.75. The van der Waals surface area contributed by atoms with E-state index in [0.717, 1.165) is 0 Å². The van der Waals surface area contributed by atoms with E-state index in [0.29, 0.717) is 23.7 Å². The second kappa shape index (κ2) is 11.0. The van der Waals surface area contributed by atoms with Gasteiger partial charge in [0.15, 0.2) is 11.5 Å². The molecule has 0 aliphatic carbocycles. The molecule has 0 atom stereocenters. The van der Waals surface area contributed by atoms with Crippen molar-refractivity contribution in [3.05, 3.63) is 93.7 Å². The van der Waals surface area contributed by atoms with Gasteiger partial charge >= 0.3 is 5.69 Å². The lowest BCUT2D eigenvalue weighted by Crippen LogP contribution is -2.22. The van der Waals surface area contributed by atoms with E-state index in [4.69, 9.17) is 5.73 Å². The van der Waals surface area contributed by atoms with E-state index < -0.39 is 23.5 Å². The first-order chi connectivity index (χ1) is 18.6. The molecule has 2 aromatic heterocycles. The molecule has 200 valence electrons. The molecule has 0 saturated carbocycles. The Balaban J connectivity index is 1.59. The molecular weight excluding hydrogens is 507 g/mol. The molecule has 39 heavy (non-hydrogen) atoms. The second-order valence-corrected chi connectivity index (χ2v) is 8.39. The summed E-state index contributed by atoms with van der Waals surface area (Å²) >= 11 is 0. The molecule has 0 saturated heterocycles. The van der Waals surface area contributed by atoms with Crippen molar-refractivity contribution in [1.82, 2.24) is 19.3 Å². The van der Waals surface area contributed by atoms with Gasteiger partial charge in [0, 0.05) is 25.5 Å². The Hall–Kier alpha value is -5.33. The summed E-state index contributed by atoms with van der Waals surface area (Å²) in [5.74, 6) is -2.79. The van der Waals surface area contributed by atoms with Crippen LogP contribution in [-0.2, 0) is 7.05 Å². The number of hydrogen-bond donors (Lipinski definition) is 4. The molecule has 0 fully saturated rings. The molecule has 0 aliphatic heterocycles. The van der Waals surface area contributed by atoms with E-state index in [1.165, 1.54) is 39.7 Å². The number of nitrogens with zero attached hydrogens (tertiary/aromatic N) is 4. The molecule has 0 spiro atoms. The zero-order valence-corrected chi connectivity index (χ0v) is 21.3. The van der Waals surface area contributed by atoms with Crippen LogP contribution in [0.15, 0.2) is 59.5 Å². The maximum atomic E-state index is 14.6. The number of amides is 3. The molecule has 13 heteroatoms. The van der Waals surface area contributed by atoms with Crippen LogP contribution in [0.2, 0.25) is 0 Å². The Kier molecular flexibility index (Phi) is 7.51. The summed E-state index contributed by atoms with van der Waals surface area (Å²) in [4.78, 5) is 54.1. The normalized spacial score (nSPS) is 10.7. The van der Waals surface area contributed by atoms with E-state index in [1.807, 2.05) is 0 Å². The fraction of sp³-hybridized carbons (Fsp3) is 0.154. The van der Waals surface area contributed by atoms with Gasteiger partial charge in [-0.25, -0.2) is 23.4 Å². The summed E-state index contributed by atoms with van der Waals surface area (Å²) < 4.78 is 17.3. The number of pyridine rings is 1. The molecule has 5 N–H and O–H groups in total. The molecule has 2 heterocycles. The molecule has 4 aromatic rings. The van der Waals surface area contributed by atoms with Gasteiger partial charge < -0.3 is 21.7 Å². The number of carbonyl (C=O) groups excluding carboxylic acids is 3. The van der Waals surface area contributed by atoms with Crippen LogP contribution >= 0.6 is 0 Å². The number of hydrogen-bond acceptors (Lipinski definition) is 7. The van der Waals surface area contributed by atoms with Gasteiger partial charge in [-0.2, -0.15) is 5.10 Å². The number of aromatic nitrogens is 4. The Bertz CT molecular complexity index is 1640. The Morgan fingerprint density at radius 3 is 2.33 bits per heavy atom. The van der Waals surface area contributed by atoms with Crippen molar-refractivity contribution in [3.63, 3.8) is 0 Å². The van der Waals surface area contributed by atoms with Gasteiger partial charge in [0.1, 0.15) is 5.82 Å². The minimum absolute atomic E-state index is 0.117. The van der Waals surface area contributed by atoms with E-state index in [1.54, 1.807) is 45.2 Å². The van der Waals surface area contributed by atoms with E-state index in [9.17, 15) is 23.6 Å². The molecule has 0 bridgehead atoms. The van der Waals surface area contributed by atoms with Crippen molar-refractivity contribution in [2.45, 2.75) is 13.8 Å². The number of anilines is 3. The minimum atomic E-state index is -0.982. The van der Waals surface area contributed by atoms with Crippen LogP contribution in [0.5, 0.6) is 0 Å². The van der Waals surface area contributed by atoms with Gasteiger partial charge in [-0.05, 0) is 56.3 Å². The zero-order valence-electron chi connectivity index (χ0n) is 21.3. The lowest BCUT2D eigenvalue weighted by molar-refractivity contribution is 0.0989. The number of carbonyl (C=O) groups is 3. The molecule has 0 radical (unpaired) electrons. The van der Waals surface area contributed by atoms with Crippen LogP contribution in [-0.4, -0.2) is 43.6 Å². The summed E-state index contributed by atoms with van der Waals surface area (Å²) in [5, 5.41) is 12.2. The second-order valence-electron chi connectivity index (χ2n) is 8.39. The van der Waals surface area contributed by atoms with Crippen LogP contribution < -0.4 is 27.4 Å². The summed E-state index contributed by atoms with van der Waals surface area (Å²) in [6, 6.07) is 11.9. The monoisotopic (exact) mass is 532 g/mol. The first-order valence-corrected chi connectivity index (χ1v) is 11.8. The number of rotatable bonds is 8. The van der Waals surface area contributed by atoms with Crippen molar-refractivity contribution in [3.8, 4) is 5.69 Å². The zero-order chi connectivity index (χ0) is 28.3. The first-order valence-electron chi connectivity index (χ1n) is 11.8. The number of nitrogens with two attached hydrogens (primary N) is 1. The summed E-state index contributed by atoms with van der Waals surface area (Å²) in [6.45, 7) is 3.83. The van der Waals surface area contributed by atoms with Crippen molar-refractivity contribution in [1.29, 1.82) is 0 Å². The fourth-order valence-corrected chi connectivity index (χ4v) is 3.96. The predicted octanol–water partition coefficient (Wildman–Crippen LogP) is 2.45. The molecular formula is C26H25FN8O4. The first kappa shape index (κ1) is 26.7. The number of primary amides is 1. The number of nitrogens with one attached hydrogen (secondary N) is 3. The topological polar surface area (TPSA) is 166 Å². The SMILES string of the molecule is CCNc1c(C(=O)Nc2ccc(-n3c(C)nn(C)c3=O)cc2)ccnc1C(=O)Nc1cccc(C(N)=O)c1F. The Morgan fingerprint density at radius 1 is 1.00 bits per heavy atom. The fourth-order valence-electron chi connectivity index (χ4n) is 3.96. The van der Waals surface area contributed by atoms with Crippen LogP contribution in [0.1, 0.15) is 44.0 Å². The van der Waals surface area contributed by atoms with Crippen molar-refractivity contribution in [2.24, 2.45) is 12.8 Å². The molecule has 4 rings (SSSR count). The van der Waals surface area contributed by atoms with Crippen LogP contribution in [0.4, 0.5) is 21.5 Å². The summed E-state index contributed by atoms with van der Waals surface area (Å²) in [5.41, 5.74) is 5.34. The smallest absolute Gasteiger partial charge is 0.350 e. The highest BCUT2D eigenvalue weighted by molar-refractivity contribution is 6.14. The number of benzene rings is 2. The maximum absolute atomic E-state index is 14.6. The average Bonchev–Trinajstić information content (AvgIpc) is 3.16. The Labute approximate surface area is 221 Å². The summed E-state index contributed by atoms with van der Waals surface area (Å²) in [7, 11) is 1.56. The van der Waals surface area contributed by atoms with Gasteiger partial charge in [0.05, 0.1) is 28.2 Å². The lowest BCUT2D eigenvalue weighted by atomic mass is 10.1. The predicted molar refractivity (Wildman–Crippen MR) is 143 cm³/mol. The number of aryl methyl sites for hydroxylation is 2. The molecule has 2 aromatic carbocycles. The van der Waals surface area contributed by atoms with Gasteiger partial charge in [0.2, 0.25) is 0 Å². The highest BCUT2D eigenvalue weighted by Crippen LogP contribution is 2.24. The van der Waals surface area contributed by atoms with E-state index in [2.05, 4.69) is 26.0 Å². The largest absolute Gasteiger partial charge is 0.383 e. The van der Waals surface area contributed by atoms with E-state index in [-0.39, 0.29) is 33.9 Å². The van der Waals surface area contributed by atoms with Crippen LogP contribution in [0, 0.1) is 12.7 Å². The highest BCUT2D eigenvalue weighted by Gasteiger charge is 2.22. The molecule has 12 nitrogen and oxygen atoms in total. The van der Waals surface area contributed by atoms with Crippen molar-refractivity contribution >= 4 is 34.8 Å². The van der Waals surface area contributed by atoms with Crippen LogP contribution in [0.25, 0.3) is 5.69 Å². The quantitative estimate of drug-likeness (QED) is 0.270. The van der Waals surface area contributed by atoms with Crippen molar-refractivity contribution in [2.75, 3.05) is 22.5 Å². The lowest BCUT2D eigenvalue weighted by Gasteiger charge is -2.15. The van der Waals surface area contributed by atoms with Crippen LogP contribution in [0.3, 0.4) is 0 Å². The standard InChI is InChI=1S/C26H25FN8O4/c1-4-29-21-18(12-13-30-22(21)25(38)32-19-7-5-6-17(20(19)27)23(28)36)24(37)31-15-8-10-16(11-9-15)35-14(2)33-34(3)26(35)39/h5-13,29H,4H2,1-3H3,(H2,28,36)(H,31,37)(H,32,38). The minimum Gasteiger partial charge on any atom is -0.383 e. The average molecular weight is 533 g/mol. The van der Waals surface area contributed by atoms with Gasteiger partial charge in [-0.1, -0.05) is 6.07 Å². The summed E-state index contributed by atoms with van der Waals surface area (Å²) in [6.07, 6.45) is 1.28. The Morgan fingerprint density at radius 2 is 1.72 bits per heavy atom. The van der Waals surface area contributed by atoms with Gasteiger partial charge in [-0.15, -0.1) is 0 Å². The third kappa shape index (κ3) is 5.37. The van der Waals surface area contributed by atoms with Gasteiger partial charge in [0.25, 0.3) is 17.7 Å². The molecule has 3 amide bonds. The molecule has 0 unspecified atom stereocenters. The molecule has 0 aliphatic rings. The third-order valence-corrected chi connectivity index (χ3v) is 5.75. The highest BCUT2D eigenvalue weighted by atomic mass is 19.1. The van der Waals surface area contributed by atoms with Gasteiger partial charge in [-0.3, -0.25) is 14.4 Å². The van der Waals surface area contributed by atoms with Crippen molar-refractivity contribution < 1.29 is 18.8 Å². The maximum Gasteiger partial charge on any atom is 0.350 e. The van der Waals surface area contributed by atoms with E-state index >= 15 is 0 Å². The number of halogens is 1.